The molecule has 19 heavy (non-hydrogen) atoms. The van der Waals surface area contributed by atoms with E-state index in [0.29, 0.717) is 0 Å². The highest BCUT2D eigenvalue weighted by Crippen LogP contribution is 2.30. The van der Waals surface area contributed by atoms with Crippen LogP contribution in [-0.2, 0) is 6.54 Å². The van der Waals surface area contributed by atoms with Gasteiger partial charge in [0.1, 0.15) is 0 Å². The van der Waals surface area contributed by atoms with E-state index in [-0.39, 0.29) is 0 Å². The predicted octanol–water partition coefficient (Wildman–Crippen LogP) is 2.70. The topological polar surface area (TPSA) is 27.3 Å². The van der Waals surface area contributed by atoms with E-state index in [1.807, 2.05) is 19.0 Å². The van der Waals surface area contributed by atoms with Gasteiger partial charge in [0, 0.05) is 18.0 Å². The first-order valence-corrected chi connectivity index (χ1v) is 7.65. The maximum absolute atomic E-state index is 3.42. The summed E-state index contributed by atoms with van der Waals surface area (Å²) in [5.41, 5.74) is 2.70. The Balaban J connectivity index is 2.19. The summed E-state index contributed by atoms with van der Waals surface area (Å²) in [6.45, 7) is 6.25. The number of nitrogens with one attached hydrogen (secondary N) is 2. The van der Waals surface area contributed by atoms with Crippen molar-refractivity contribution in [1.82, 2.24) is 14.9 Å². The third kappa shape index (κ3) is 4.08. The van der Waals surface area contributed by atoms with E-state index in [2.05, 4.69) is 52.2 Å². The molecule has 0 bridgehead atoms. The van der Waals surface area contributed by atoms with Crippen molar-refractivity contribution in [2.45, 2.75) is 24.8 Å². The first-order valence-electron chi connectivity index (χ1n) is 6.88. The summed E-state index contributed by atoms with van der Waals surface area (Å²) in [4.78, 5) is 1.34. The largest absolute Gasteiger partial charge is 0.316 e. The molecule has 1 heterocycles. The molecule has 0 saturated carbocycles. The molecule has 2 rings (SSSR count). The van der Waals surface area contributed by atoms with Gasteiger partial charge in [0.25, 0.3) is 0 Å². The van der Waals surface area contributed by atoms with Gasteiger partial charge in [-0.1, -0.05) is 24.3 Å². The Morgan fingerprint density at radius 3 is 3.05 bits per heavy atom. The highest BCUT2D eigenvalue weighted by molar-refractivity contribution is 7.97. The van der Waals surface area contributed by atoms with Gasteiger partial charge in [0.2, 0.25) is 0 Å². The molecule has 1 aromatic rings. The van der Waals surface area contributed by atoms with Gasteiger partial charge in [0.15, 0.2) is 0 Å². The second kappa shape index (κ2) is 7.70. The normalized spacial score (nSPS) is 17.2. The van der Waals surface area contributed by atoms with Crippen molar-refractivity contribution in [3.8, 4) is 0 Å². The molecule has 0 aromatic heterocycles. The molecule has 0 aliphatic carbocycles. The van der Waals surface area contributed by atoms with Gasteiger partial charge in [-0.15, -0.1) is 0 Å². The Labute approximate surface area is 120 Å². The summed E-state index contributed by atoms with van der Waals surface area (Å²) in [5, 5.41) is 6.67. The molecule has 1 aromatic carbocycles. The average Bonchev–Trinajstić information content (AvgIpc) is 2.44. The van der Waals surface area contributed by atoms with Gasteiger partial charge in [-0.3, -0.25) is 0 Å². The fraction of sp³-hybridized carbons (Fsp3) is 0.467. The molecule has 0 radical (unpaired) electrons. The minimum absolute atomic E-state index is 0.909. The van der Waals surface area contributed by atoms with Gasteiger partial charge in [-0.2, -0.15) is 0 Å². The van der Waals surface area contributed by atoms with E-state index in [9.17, 15) is 0 Å². The molecule has 3 nitrogen and oxygen atoms in total. The summed E-state index contributed by atoms with van der Waals surface area (Å²) in [6.07, 6.45) is 5.56. The van der Waals surface area contributed by atoms with Gasteiger partial charge in [0.05, 0.1) is 6.67 Å². The monoisotopic (exact) mass is 277 g/mol. The zero-order valence-electron chi connectivity index (χ0n) is 11.8. The minimum atomic E-state index is 0.909. The van der Waals surface area contributed by atoms with Crippen LogP contribution >= 0.6 is 11.9 Å². The fourth-order valence-corrected chi connectivity index (χ4v) is 3.34. The molecule has 1 fully saturated rings. The van der Waals surface area contributed by atoms with Crippen molar-refractivity contribution in [1.29, 1.82) is 0 Å². The molecule has 0 spiro atoms. The maximum atomic E-state index is 3.42. The molecule has 104 valence electrons. The average molecular weight is 277 g/mol. The number of rotatable bonds is 5. The van der Waals surface area contributed by atoms with Crippen LogP contribution in [0, 0.1) is 0 Å². The highest BCUT2D eigenvalue weighted by Gasteiger charge is 2.13. The molecule has 0 unspecified atom stereocenters. The van der Waals surface area contributed by atoms with Crippen molar-refractivity contribution in [3.63, 3.8) is 0 Å². The van der Waals surface area contributed by atoms with Crippen LogP contribution in [0.25, 0.3) is 6.08 Å². The summed E-state index contributed by atoms with van der Waals surface area (Å²) >= 11 is 1.86. The van der Waals surface area contributed by atoms with Gasteiger partial charge < -0.3 is 10.6 Å². The van der Waals surface area contributed by atoms with Gasteiger partial charge in [-0.05, 0) is 56.1 Å². The third-order valence-electron chi connectivity index (χ3n) is 3.13. The fourth-order valence-electron chi connectivity index (χ4n) is 2.25. The molecule has 1 aliphatic heterocycles. The number of benzene rings is 1. The van der Waals surface area contributed by atoms with Crippen LogP contribution in [0.2, 0.25) is 0 Å². The Hall–Kier alpha value is -0.810. The molecule has 0 atom stereocenters. The second-order valence-electron chi connectivity index (χ2n) is 4.67. The van der Waals surface area contributed by atoms with Gasteiger partial charge in [-0.25, -0.2) is 4.31 Å². The summed E-state index contributed by atoms with van der Waals surface area (Å²) in [5.74, 6) is 0. The lowest BCUT2D eigenvalue weighted by Gasteiger charge is -2.27. The summed E-state index contributed by atoms with van der Waals surface area (Å²) in [6, 6.07) is 6.57. The SMILES string of the molecule is C/C=C\c1c(CNC)cccc1SN1CCCNC1. The number of hydrogen-bond acceptors (Lipinski definition) is 4. The van der Waals surface area contributed by atoms with E-state index in [1.165, 1.54) is 22.4 Å². The lowest BCUT2D eigenvalue weighted by Crippen LogP contribution is -2.37. The lowest BCUT2D eigenvalue weighted by atomic mass is 10.1. The van der Waals surface area contributed by atoms with E-state index in [0.717, 1.165) is 26.3 Å². The summed E-state index contributed by atoms with van der Waals surface area (Å²) in [7, 11) is 1.99. The Bertz CT molecular complexity index is 425. The molecular weight excluding hydrogens is 254 g/mol. The third-order valence-corrected chi connectivity index (χ3v) is 4.26. The van der Waals surface area contributed by atoms with Crippen LogP contribution in [0.15, 0.2) is 29.2 Å². The van der Waals surface area contributed by atoms with E-state index in [1.54, 1.807) is 0 Å². The smallest absolute Gasteiger partial charge is 0.0584 e. The van der Waals surface area contributed by atoms with Crippen molar-refractivity contribution in [2.75, 3.05) is 26.8 Å². The number of allylic oxidation sites excluding steroid dienone is 1. The lowest BCUT2D eigenvalue weighted by molar-refractivity contribution is 0.361. The van der Waals surface area contributed by atoms with Crippen LogP contribution in [0.3, 0.4) is 0 Å². The van der Waals surface area contributed by atoms with Crippen LogP contribution in [-0.4, -0.2) is 31.1 Å². The highest BCUT2D eigenvalue weighted by atomic mass is 32.2. The van der Waals surface area contributed by atoms with Crippen LogP contribution in [0.1, 0.15) is 24.5 Å². The number of hydrogen-bond donors (Lipinski definition) is 2. The summed E-state index contributed by atoms with van der Waals surface area (Å²) < 4.78 is 2.40. The molecular formula is C15H23N3S. The van der Waals surface area contributed by atoms with E-state index < -0.39 is 0 Å². The second-order valence-corrected chi connectivity index (χ2v) is 5.81. The van der Waals surface area contributed by atoms with Crippen molar-refractivity contribution < 1.29 is 0 Å². The van der Waals surface area contributed by atoms with E-state index in [4.69, 9.17) is 0 Å². The van der Waals surface area contributed by atoms with Crippen molar-refractivity contribution in [2.24, 2.45) is 0 Å². The molecule has 0 amide bonds. The zero-order chi connectivity index (χ0) is 13.5. The minimum Gasteiger partial charge on any atom is -0.316 e. The van der Waals surface area contributed by atoms with E-state index >= 15 is 0 Å². The molecule has 4 heteroatoms. The molecule has 2 N–H and O–H groups in total. The molecule has 1 saturated heterocycles. The Morgan fingerprint density at radius 2 is 2.37 bits per heavy atom. The number of nitrogens with zero attached hydrogens (tertiary/aromatic N) is 1. The van der Waals surface area contributed by atoms with Crippen LogP contribution in [0.4, 0.5) is 0 Å². The Kier molecular flexibility index (Phi) is 5.92. The quantitative estimate of drug-likeness (QED) is 0.809. The van der Waals surface area contributed by atoms with Gasteiger partial charge >= 0.3 is 0 Å². The zero-order valence-corrected chi connectivity index (χ0v) is 12.6. The first kappa shape index (κ1) is 14.6. The first-order chi connectivity index (χ1) is 9.35. The Morgan fingerprint density at radius 1 is 1.47 bits per heavy atom. The maximum Gasteiger partial charge on any atom is 0.0584 e. The standard InChI is InChI=1S/C15H23N3S/c1-3-6-14-13(11-16-2)7-4-8-15(14)19-18-10-5-9-17-12-18/h3-4,6-8,16-17H,5,9-12H2,1-2H3/b6-3-. The predicted molar refractivity (Wildman–Crippen MR) is 84.0 cm³/mol. The molecule has 1 aliphatic rings. The van der Waals surface area contributed by atoms with Crippen LogP contribution in [0.5, 0.6) is 0 Å². The van der Waals surface area contributed by atoms with Crippen molar-refractivity contribution >= 4 is 18.0 Å². The van der Waals surface area contributed by atoms with Crippen LogP contribution < -0.4 is 10.6 Å². The van der Waals surface area contributed by atoms with Crippen molar-refractivity contribution in [3.05, 3.63) is 35.4 Å².